The number of ether oxygens (including phenoxy) is 1. The zero-order valence-electron chi connectivity index (χ0n) is 21.7. The zero-order valence-corrected chi connectivity index (χ0v) is 22.5. The molecule has 4 aromatic rings. The number of benzene rings is 3. The van der Waals surface area contributed by atoms with E-state index in [0.717, 1.165) is 46.4 Å². The van der Waals surface area contributed by atoms with Crippen molar-refractivity contribution in [1.82, 2.24) is 4.98 Å². The molecule has 1 aliphatic heterocycles. The maximum Gasteiger partial charge on any atom is 0.301 e. The van der Waals surface area contributed by atoms with Gasteiger partial charge in [0, 0.05) is 5.56 Å². The van der Waals surface area contributed by atoms with Gasteiger partial charge in [-0.2, -0.15) is 0 Å². The highest BCUT2D eigenvalue weighted by molar-refractivity contribution is 7.22. The second kappa shape index (κ2) is 10.8. The van der Waals surface area contributed by atoms with Crippen molar-refractivity contribution < 1.29 is 19.4 Å². The summed E-state index contributed by atoms with van der Waals surface area (Å²) in [5.74, 6) is -0.925. The molecule has 1 aliphatic rings. The van der Waals surface area contributed by atoms with Crippen LogP contribution in [0.1, 0.15) is 54.5 Å². The number of hydrogen-bond donors (Lipinski definition) is 1. The van der Waals surface area contributed by atoms with Crippen molar-refractivity contribution in [3.8, 4) is 5.75 Å². The van der Waals surface area contributed by atoms with Crippen LogP contribution in [0.15, 0.2) is 72.3 Å². The van der Waals surface area contributed by atoms with Gasteiger partial charge in [-0.3, -0.25) is 14.5 Å². The van der Waals surface area contributed by atoms with E-state index in [-0.39, 0.29) is 11.3 Å². The first-order chi connectivity index (χ1) is 18.4. The Morgan fingerprint density at radius 1 is 0.974 bits per heavy atom. The predicted octanol–water partition coefficient (Wildman–Crippen LogP) is 7.11. The molecule has 0 aliphatic carbocycles. The number of hydrogen-bond acceptors (Lipinski definition) is 6. The Morgan fingerprint density at radius 2 is 1.68 bits per heavy atom. The van der Waals surface area contributed by atoms with E-state index in [2.05, 4.69) is 6.92 Å². The average Bonchev–Trinajstić information content (AvgIpc) is 3.44. The molecule has 1 atom stereocenters. The number of fused-ring (bicyclic) bond motifs is 1. The lowest BCUT2D eigenvalue weighted by atomic mass is 9.95. The number of carbonyl (C=O) groups excluding carboxylic acids is 2. The van der Waals surface area contributed by atoms with Crippen LogP contribution in [0.25, 0.3) is 16.0 Å². The molecule has 0 saturated carbocycles. The molecule has 6 nitrogen and oxygen atoms in total. The SMILES string of the molecule is CCCCCOc1ccc(C2/C(=C(\O)c3ccc(C)cc3)C(=O)C(=O)N2c2nc3ccc(C)cc3s2)cc1. The second-order valence-electron chi connectivity index (χ2n) is 9.63. The van der Waals surface area contributed by atoms with E-state index in [1.165, 1.54) is 16.2 Å². The van der Waals surface area contributed by atoms with Gasteiger partial charge in [-0.25, -0.2) is 4.98 Å². The van der Waals surface area contributed by atoms with Crippen molar-refractivity contribution in [2.24, 2.45) is 0 Å². The van der Waals surface area contributed by atoms with Gasteiger partial charge in [0.1, 0.15) is 11.5 Å². The minimum atomic E-state index is -0.827. The molecule has 2 heterocycles. The van der Waals surface area contributed by atoms with Crippen molar-refractivity contribution >= 4 is 44.1 Å². The molecule has 38 heavy (non-hydrogen) atoms. The first-order valence-electron chi connectivity index (χ1n) is 12.9. The van der Waals surface area contributed by atoms with Crippen molar-refractivity contribution in [2.45, 2.75) is 46.1 Å². The quantitative estimate of drug-likeness (QED) is 0.115. The number of anilines is 1. The smallest absolute Gasteiger partial charge is 0.301 e. The minimum Gasteiger partial charge on any atom is -0.507 e. The monoisotopic (exact) mass is 526 g/mol. The summed E-state index contributed by atoms with van der Waals surface area (Å²) in [4.78, 5) is 33.0. The van der Waals surface area contributed by atoms with E-state index in [0.29, 0.717) is 22.9 Å². The van der Waals surface area contributed by atoms with Gasteiger partial charge in [0.05, 0.1) is 28.4 Å². The summed E-state index contributed by atoms with van der Waals surface area (Å²) in [6.07, 6.45) is 3.20. The Bertz CT molecular complexity index is 1520. The third-order valence-electron chi connectivity index (χ3n) is 6.72. The molecule has 0 radical (unpaired) electrons. The summed E-state index contributed by atoms with van der Waals surface area (Å²) >= 11 is 1.36. The lowest BCUT2D eigenvalue weighted by molar-refractivity contribution is -0.132. The first-order valence-corrected chi connectivity index (χ1v) is 13.7. The molecule has 0 bridgehead atoms. The van der Waals surface area contributed by atoms with Crippen LogP contribution in [0, 0.1) is 13.8 Å². The number of Topliss-reactive ketones (excluding diaryl/α,β-unsaturated/α-hetero) is 1. The number of thiazole rings is 1. The van der Waals surface area contributed by atoms with E-state index in [1.807, 2.05) is 68.4 Å². The molecular formula is C31H30N2O4S. The molecule has 7 heteroatoms. The molecule has 3 aromatic carbocycles. The standard InChI is InChI=1S/C31H30N2O4S/c1-4-5-6-17-37-23-14-12-21(13-15-23)27-26(28(34)22-10-7-19(2)8-11-22)29(35)30(36)33(27)31-32-24-16-9-20(3)18-25(24)38-31/h7-16,18,27,34H,4-6,17H2,1-3H3/b28-26+. The van der Waals surface area contributed by atoms with Gasteiger partial charge in [0.25, 0.3) is 5.78 Å². The number of aromatic nitrogens is 1. The number of nitrogens with zero attached hydrogens (tertiary/aromatic N) is 2. The number of aliphatic hydroxyl groups is 1. The van der Waals surface area contributed by atoms with E-state index in [4.69, 9.17) is 9.72 Å². The molecule has 1 N–H and O–H groups in total. The van der Waals surface area contributed by atoms with Gasteiger partial charge < -0.3 is 9.84 Å². The second-order valence-corrected chi connectivity index (χ2v) is 10.6. The fourth-order valence-electron chi connectivity index (χ4n) is 4.62. The Kier molecular flexibility index (Phi) is 7.29. The van der Waals surface area contributed by atoms with Gasteiger partial charge in [-0.15, -0.1) is 0 Å². The minimum absolute atomic E-state index is 0.0471. The summed E-state index contributed by atoms with van der Waals surface area (Å²) in [5, 5.41) is 11.7. The normalized spacial score (nSPS) is 16.9. The molecule has 1 aromatic heterocycles. The molecule has 1 saturated heterocycles. The molecule has 1 fully saturated rings. The fraction of sp³-hybridized carbons (Fsp3) is 0.258. The van der Waals surface area contributed by atoms with E-state index >= 15 is 0 Å². The summed E-state index contributed by atoms with van der Waals surface area (Å²) in [5.41, 5.74) is 4.08. The van der Waals surface area contributed by atoms with Crippen LogP contribution in [-0.4, -0.2) is 28.4 Å². The van der Waals surface area contributed by atoms with Crippen molar-refractivity contribution in [1.29, 1.82) is 0 Å². The molecular weight excluding hydrogens is 496 g/mol. The molecule has 0 spiro atoms. The maximum absolute atomic E-state index is 13.5. The van der Waals surface area contributed by atoms with E-state index in [9.17, 15) is 14.7 Å². The van der Waals surface area contributed by atoms with Crippen LogP contribution < -0.4 is 9.64 Å². The topological polar surface area (TPSA) is 79.7 Å². The van der Waals surface area contributed by atoms with Gasteiger partial charge in [-0.05, 0) is 55.7 Å². The number of rotatable bonds is 8. The molecule has 1 unspecified atom stereocenters. The summed E-state index contributed by atoms with van der Waals surface area (Å²) in [6.45, 7) is 6.72. The highest BCUT2D eigenvalue weighted by Crippen LogP contribution is 2.44. The van der Waals surface area contributed by atoms with Crippen molar-refractivity contribution in [3.63, 3.8) is 0 Å². The van der Waals surface area contributed by atoms with Crippen molar-refractivity contribution in [3.05, 3.63) is 94.6 Å². The predicted molar refractivity (Wildman–Crippen MR) is 152 cm³/mol. The molecule has 1 amide bonds. The Balaban J connectivity index is 1.60. The van der Waals surface area contributed by atoms with Gasteiger partial charge in [0.2, 0.25) is 0 Å². The summed E-state index contributed by atoms with van der Waals surface area (Å²) in [6, 6.07) is 19.7. The van der Waals surface area contributed by atoms with Crippen LogP contribution in [0.2, 0.25) is 0 Å². The van der Waals surface area contributed by atoms with Crippen molar-refractivity contribution in [2.75, 3.05) is 11.5 Å². The summed E-state index contributed by atoms with van der Waals surface area (Å²) < 4.78 is 6.79. The highest BCUT2D eigenvalue weighted by Gasteiger charge is 2.48. The number of amides is 1. The molecule has 5 rings (SSSR count). The Hall–Kier alpha value is -3.97. The number of ketones is 1. The molecule has 194 valence electrons. The number of aryl methyl sites for hydroxylation is 2. The maximum atomic E-state index is 13.5. The van der Waals surface area contributed by atoms with E-state index in [1.54, 1.807) is 12.1 Å². The highest BCUT2D eigenvalue weighted by atomic mass is 32.1. The zero-order chi connectivity index (χ0) is 26.8. The van der Waals surface area contributed by atoms with E-state index < -0.39 is 17.7 Å². The lowest BCUT2D eigenvalue weighted by Crippen LogP contribution is -2.29. The fourth-order valence-corrected chi connectivity index (χ4v) is 5.71. The lowest BCUT2D eigenvalue weighted by Gasteiger charge is -2.23. The first kappa shape index (κ1) is 25.7. The van der Waals surface area contributed by atoms with Crippen LogP contribution in [0.4, 0.5) is 5.13 Å². The van der Waals surface area contributed by atoms with Crippen LogP contribution in [-0.2, 0) is 9.59 Å². The summed E-state index contributed by atoms with van der Waals surface area (Å²) in [7, 11) is 0. The average molecular weight is 527 g/mol. The number of carbonyl (C=O) groups is 2. The largest absolute Gasteiger partial charge is 0.507 e. The number of unbranched alkanes of at least 4 members (excludes halogenated alkanes) is 2. The third kappa shape index (κ3) is 4.94. The van der Waals surface area contributed by atoms with Crippen LogP contribution in [0.3, 0.4) is 0 Å². The Labute approximate surface area is 226 Å². The Morgan fingerprint density at radius 3 is 2.39 bits per heavy atom. The van der Waals surface area contributed by atoms with Crippen LogP contribution >= 0.6 is 11.3 Å². The van der Waals surface area contributed by atoms with Gasteiger partial charge in [-0.1, -0.05) is 79.1 Å². The third-order valence-corrected chi connectivity index (χ3v) is 7.74. The number of aliphatic hydroxyl groups excluding tert-OH is 1. The van der Waals surface area contributed by atoms with Gasteiger partial charge in [0.15, 0.2) is 5.13 Å². The van der Waals surface area contributed by atoms with Gasteiger partial charge >= 0.3 is 5.91 Å². The van der Waals surface area contributed by atoms with Crippen LogP contribution in [0.5, 0.6) is 5.75 Å².